The molecule has 0 amide bonds. The molecule has 5 atom stereocenters. The lowest BCUT2D eigenvalue weighted by Crippen LogP contribution is -2.28. The molecule has 1 aliphatic heterocycles. The SMILES string of the molecule is NCC(CC1CC2CCC1C2)C1CCS(=O)(=O)C1. The Labute approximate surface area is 110 Å². The first-order valence-corrected chi connectivity index (χ1v) is 9.30. The lowest BCUT2D eigenvalue weighted by molar-refractivity contribution is 0.231. The summed E-state index contributed by atoms with van der Waals surface area (Å²) in [6.45, 7) is 0.675. The average molecular weight is 271 g/mol. The van der Waals surface area contributed by atoms with Crippen molar-refractivity contribution in [3.05, 3.63) is 0 Å². The molecule has 2 bridgehead atoms. The molecule has 1 heterocycles. The maximum absolute atomic E-state index is 11.6. The minimum Gasteiger partial charge on any atom is -0.330 e. The van der Waals surface area contributed by atoms with Gasteiger partial charge in [0, 0.05) is 0 Å². The summed E-state index contributed by atoms with van der Waals surface area (Å²) in [5.74, 6) is 4.35. The Morgan fingerprint density at radius 2 is 2.00 bits per heavy atom. The Morgan fingerprint density at radius 1 is 1.17 bits per heavy atom. The van der Waals surface area contributed by atoms with Crippen LogP contribution in [0.5, 0.6) is 0 Å². The number of rotatable bonds is 4. The molecule has 0 aromatic heterocycles. The van der Waals surface area contributed by atoms with Gasteiger partial charge in [-0.2, -0.15) is 0 Å². The molecule has 4 heteroatoms. The second-order valence-electron chi connectivity index (χ2n) is 6.83. The highest BCUT2D eigenvalue weighted by atomic mass is 32.2. The molecule has 3 aliphatic rings. The zero-order valence-corrected chi connectivity index (χ0v) is 11.9. The number of hydrogen-bond acceptors (Lipinski definition) is 3. The highest BCUT2D eigenvalue weighted by Gasteiger charge is 2.42. The number of hydrogen-bond donors (Lipinski definition) is 1. The van der Waals surface area contributed by atoms with Crippen LogP contribution in [-0.4, -0.2) is 26.5 Å². The zero-order chi connectivity index (χ0) is 12.8. The van der Waals surface area contributed by atoms with Crippen molar-refractivity contribution in [3.8, 4) is 0 Å². The Kier molecular flexibility index (Phi) is 3.43. The largest absolute Gasteiger partial charge is 0.330 e. The van der Waals surface area contributed by atoms with Gasteiger partial charge in [-0.05, 0) is 68.2 Å². The molecule has 0 aromatic carbocycles. The Morgan fingerprint density at radius 3 is 2.50 bits per heavy atom. The van der Waals surface area contributed by atoms with Gasteiger partial charge < -0.3 is 5.73 Å². The van der Waals surface area contributed by atoms with E-state index in [1.807, 2.05) is 0 Å². The van der Waals surface area contributed by atoms with Gasteiger partial charge in [-0.15, -0.1) is 0 Å². The van der Waals surface area contributed by atoms with Crippen molar-refractivity contribution in [2.24, 2.45) is 35.3 Å². The van der Waals surface area contributed by atoms with E-state index in [9.17, 15) is 8.42 Å². The van der Waals surface area contributed by atoms with Crippen molar-refractivity contribution in [1.29, 1.82) is 0 Å². The number of sulfone groups is 1. The second-order valence-corrected chi connectivity index (χ2v) is 9.06. The first-order valence-electron chi connectivity index (χ1n) is 7.48. The van der Waals surface area contributed by atoms with Crippen molar-refractivity contribution < 1.29 is 8.42 Å². The molecule has 18 heavy (non-hydrogen) atoms. The summed E-state index contributed by atoms with van der Waals surface area (Å²) in [7, 11) is -2.75. The van der Waals surface area contributed by atoms with Crippen molar-refractivity contribution in [1.82, 2.24) is 0 Å². The van der Waals surface area contributed by atoms with E-state index in [-0.39, 0.29) is 0 Å². The lowest BCUT2D eigenvalue weighted by atomic mass is 9.78. The molecular weight excluding hydrogens is 246 g/mol. The molecule has 0 aromatic rings. The van der Waals surface area contributed by atoms with Crippen LogP contribution in [0, 0.1) is 29.6 Å². The fourth-order valence-electron chi connectivity index (χ4n) is 4.73. The Bertz CT molecular complexity index is 406. The van der Waals surface area contributed by atoms with Crippen LogP contribution in [0.3, 0.4) is 0 Å². The first kappa shape index (κ1) is 12.9. The smallest absolute Gasteiger partial charge is 0.150 e. The van der Waals surface area contributed by atoms with Crippen LogP contribution in [0.25, 0.3) is 0 Å². The van der Waals surface area contributed by atoms with E-state index in [1.54, 1.807) is 0 Å². The predicted octanol–water partition coefficient (Wildman–Crippen LogP) is 1.82. The standard InChI is InChI=1S/C14H25NO2S/c15-8-14(12-3-4-18(16,17)9-12)7-13-6-10-1-2-11(13)5-10/h10-14H,1-9,15H2. The molecule has 3 nitrogen and oxygen atoms in total. The maximum Gasteiger partial charge on any atom is 0.150 e. The van der Waals surface area contributed by atoms with Gasteiger partial charge in [0.2, 0.25) is 0 Å². The van der Waals surface area contributed by atoms with Crippen LogP contribution >= 0.6 is 0 Å². The van der Waals surface area contributed by atoms with Crippen LogP contribution in [-0.2, 0) is 9.84 Å². The van der Waals surface area contributed by atoms with E-state index in [0.29, 0.717) is 29.9 Å². The quantitative estimate of drug-likeness (QED) is 0.848. The normalized spacial score (nSPS) is 43.4. The van der Waals surface area contributed by atoms with E-state index < -0.39 is 9.84 Å². The molecule has 3 fully saturated rings. The molecule has 2 aliphatic carbocycles. The van der Waals surface area contributed by atoms with Crippen LogP contribution < -0.4 is 5.73 Å². The first-order chi connectivity index (χ1) is 8.57. The lowest BCUT2D eigenvalue weighted by Gasteiger charge is -2.29. The summed E-state index contributed by atoms with van der Waals surface area (Å²) in [5.41, 5.74) is 5.92. The summed E-state index contributed by atoms with van der Waals surface area (Å²) >= 11 is 0. The summed E-state index contributed by atoms with van der Waals surface area (Å²) in [5, 5.41) is 0. The topological polar surface area (TPSA) is 60.2 Å². The number of nitrogens with two attached hydrogens (primary N) is 1. The van der Waals surface area contributed by atoms with Crippen LogP contribution in [0.4, 0.5) is 0 Å². The third kappa shape index (κ3) is 2.46. The highest BCUT2D eigenvalue weighted by Crippen LogP contribution is 2.51. The summed E-state index contributed by atoms with van der Waals surface area (Å²) in [4.78, 5) is 0. The van der Waals surface area contributed by atoms with Gasteiger partial charge in [0.1, 0.15) is 0 Å². The Hall–Kier alpha value is -0.0900. The predicted molar refractivity (Wildman–Crippen MR) is 72.9 cm³/mol. The third-order valence-corrected chi connectivity index (χ3v) is 7.52. The van der Waals surface area contributed by atoms with E-state index in [4.69, 9.17) is 5.73 Å². The van der Waals surface area contributed by atoms with Crippen LogP contribution in [0.1, 0.15) is 38.5 Å². The van der Waals surface area contributed by atoms with E-state index in [2.05, 4.69) is 0 Å². The molecule has 2 N–H and O–H groups in total. The molecule has 3 rings (SSSR count). The molecular formula is C14H25NO2S. The minimum atomic E-state index is -2.75. The van der Waals surface area contributed by atoms with Gasteiger partial charge >= 0.3 is 0 Å². The van der Waals surface area contributed by atoms with E-state index in [0.717, 1.165) is 24.2 Å². The monoisotopic (exact) mass is 271 g/mol. The van der Waals surface area contributed by atoms with Gasteiger partial charge in [0.25, 0.3) is 0 Å². The van der Waals surface area contributed by atoms with Gasteiger partial charge in [0.15, 0.2) is 9.84 Å². The maximum atomic E-state index is 11.6. The van der Waals surface area contributed by atoms with Gasteiger partial charge in [-0.25, -0.2) is 8.42 Å². The average Bonchev–Trinajstić information content (AvgIpc) is 3.00. The molecule has 5 unspecified atom stereocenters. The van der Waals surface area contributed by atoms with Crippen molar-refractivity contribution in [2.75, 3.05) is 18.1 Å². The van der Waals surface area contributed by atoms with Gasteiger partial charge in [-0.3, -0.25) is 0 Å². The minimum absolute atomic E-state index is 0.346. The third-order valence-electron chi connectivity index (χ3n) is 5.73. The molecule has 0 spiro atoms. The number of fused-ring (bicyclic) bond motifs is 2. The fourth-order valence-corrected chi connectivity index (χ4v) is 6.65. The van der Waals surface area contributed by atoms with Crippen molar-refractivity contribution >= 4 is 9.84 Å². The Balaban J connectivity index is 1.60. The summed E-state index contributed by atoms with van der Waals surface area (Å²) < 4.78 is 23.2. The van der Waals surface area contributed by atoms with Crippen LogP contribution in [0.2, 0.25) is 0 Å². The fraction of sp³-hybridized carbons (Fsp3) is 1.00. The molecule has 0 radical (unpaired) electrons. The second kappa shape index (κ2) is 4.78. The van der Waals surface area contributed by atoms with Gasteiger partial charge in [-0.1, -0.05) is 6.42 Å². The van der Waals surface area contributed by atoms with Crippen molar-refractivity contribution in [3.63, 3.8) is 0 Å². The molecule has 1 saturated heterocycles. The highest BCUT2D eigenvalue weighted by molar-refractivity contribution is 7.91. The van der Waals surface area contributed by atoms with Gasteiger partial charge in [0.05, 0.1) is 11.5 Å². The zero-order valence-electron chi connectivity index (χ0n) is 11.1. The summed E-state index contributed by atoms with van der Waals surface area (Å²) in [6, 6.07) is 0. The molecule has 2 saturated carbocycles. The van der Waals surface area contributed by atoms with E-state index in [1.165, 1.54) is 32.1 Å². The molecule has 104 valence electrons. The van der Waals surface area contributed by atoms with Crippen molar-refractivity contribution in [2.45, 2.75) is 38.5 Å². The van der Waals surface area contributed by atoms with E-state index >= 15 is 0 Å². The van der Waals surface area contributed by atoms with Crippen LogP contribution in [0.15, 0.2) is 0 Å². The summed E-state index contributed by atoms with van der Waals surface area (Å²) in [6.07, 6.45) is 7.72.